The van der Waals surface area contributed by atoms with E-state index in [9.17, 15) is 8.42 Å². The van der Waals surface area contributed by atoms with Gasteiger partial charge in [-0.05, 0) is 42.5 Å². The van der Waals surface area contributed by atoms with Crippen molar-refractivity contribution in [2.75, 3.05) is 24.3 Å². The largest absolute Gasteiger partial charge is 0.399 e. The SMILES string of the molecule is CSCC(C)CNS(=O)(=O)c1cc(N)ccc1C. The number of hydrogen-bond donors (Lipinski definition) is 2. The summed E-state index contributed by atoms with van der Waals surface area (Å²) in [4.78, 5) is 0.263. The van der Waals surface area contributed by atoms with Crippen LogP contribution in [0.3, 0.4) is 0 Å². The highest BCUT2D eigenvalue weighted by molar-refractivity contribution is 7.98. The first-order chi connectivity index (χ1) is 8.36. The van der Waals surface area contributed by atoms with Crippen molar-refractivity contribution < 1.29 is 8.42 Å². The topological polar surface area (TPSA) is 72.2 Å². The number of anilines is 1. The molecule has 0 aliphatic heterocycles. The highest BCUT2D eigenvalue weighted by Crippen LogP contribution is 2.18. The molecule has 0 aliphatic rings. The van der Waals surface area contributed by atoms with Gasteiger partial charge in [-0.15, -0.1) is 0 Å². The highest BCUT2D eigenvalue weighted by atomic mass is 32.2. The van der Waals surface area contributed by atoms with Crippen LogP contribution in [0.1, 0.15) is 12.5 Å². The molecule has 1 aromatic rings. The molecule has 1 atom stereocenters. The summed E-state index contributed by atoms with van der Waals surface area (Å²) < 4.78 is 26.9. The number of benzene rings is 1. The van der Waals surface area contributed by atoms with Gasteiger partial charge in [0.05, 0.1) is 4.90 Å². The lowest BCUT2D eigenvalue weighted by atomic mass is 10.2. The van der Waals surface area contributed by atoms with E-state index in [0.29, 0.717) is 23.7 Å². The number of nitrogens with one attached hydrogen (secondary N) is 1. The second-order valence-electron chi connectivity index (χ2n) is 4.44. The maximum absolute atomic E-state index is 12.1. The average Bonchev–Trinajstić information content (AvgIpc) is 2.30. The Morgan fingerprint density at radius 3 is 2.72 bits per heavy atom. The number of hydrogen-bond acceptors (Lipinski definition) is 4. The van der Waals surface area contributed by atoms with Crippen molar-refractivity contribution in [1.29, 1.82) is 0 Å². The lowest BCUT2D eigenvalue weighted by Crippen LogP contribution is -2.29. The molecule has 3 N–H and O–H groups in total. The van der Waals surface area contributed by atoms with Gasteiger partial charge in [0.1, 0.15) is 0 Å². The van der Waals surface area contributed by atoms with Gasteiger partial charge in [-0.25, -0.2) is 13.1 Å². The highest BCUT2D eigenvalue weighted by Gasteiger charge is 2.17. The van der Waals surface area contributed by atoms with Crippen molar-refractivity contribution in [1.82, 2.24) is 4.72 Å². The molecule has 1 aromatic carbocycles. The third kappa shape index (κ3) is 4.19. The second-order valence-corrected chi connectivity index (χ2v) is 7.08. The average molecular weight is 288 g/mol. The van der Waals surface area contributed by atoms with Crippen LogP contribution in [0.4, 0.5) is 5.69 Å². The molecule has 0 aliphatic carbocycles. The molecule has 0 heterocycles. The normalized spacial score (nSPS) is 13.5. The van der Waals surface area contributed by atoms with E-state index >= 15 is 0 Å². The molecule has 1 rings (SSSR count). The van der Waals surface area contributed by atoms with Crippen LogP contribution < -0.4 is 10.5 Å². The van der Waals surface area contributed by atoms with E-state index in [1.807, 2.05) is 13.2 Å². The van der Waals surface area contributed by atoms with Crippen LogP contribution in [0.25, 0.3) is 0 Å². The molecule has 0 saturated carbocycles. The molecule has 0 fully saturated rings. The quantitative estimate of drug-likeness (QED) is 0.784. The van der Waals surface area contributed by atoms with E-state index in [0.717, 1.165) is 5.75 Å². The molecule has 0 aromatic heterocycles. The van der Waals surface area contributed by atoms with Crippen LogP contribution in [0.2, 0.25) is 0 Å². The van der Waals surface area contributed by atoms with Crippen LogP contribution in [-0.4, -0.2) is 27.0 Å². The van der Waals surface area contributed by atoms with Gasteiger partial charge in [0, 0.05) is 12.2 Å². The Morgan fingerprint density at radius 2 is 2.11 bits per heavy atom. The molecule has 0 radical (unpaired) electrons. The van der Waals surface area contributed by atoms with E-state index in [4.69, 9.17) is 5.73 Å². The molecule has 0 amide bonds. The lowest BCUT2D eigenvalue weighted by molar-refractivity contribution is 0.562. The summed E-state index contributed by atoms with van der Waals surface area (Å²) in [5.74, 6) is 1.23. The Balaban J connectivity index is 2.83. The molecular formula is C12H20N2O2S2. The van der Waals surface area contributed by atoms with Crippen molar-refractivity contribution in [2.24, 2.45) is 5.92 Å². The fraction of sp³-hybridized carbons (Fsp3) is 0.500. The van der Waals surface area contributed by atoms with Crippen molar-refractivity contribution >= 4 is 27.5 Å². The third-order valence-corrected chi connectivity index (χ3v) is 5.04. The maximum Gasteiger partial charge on any atom is 0.240 e. The lowest BCUT2D eigenvalue weighted by Gasteiger charge is -2.13. The van der Waals surface area contributed by atoms with E-state index in [-0.39, 0.29) is 4.90 Å². The number of nitrogen functional groups attached to an aromatic ring is 1. The number of nitrogens with two attached hydrogens (primary N) is 1. The summed E-state index contributed by atoms with van der Waals surface area (Å²) >= 11 is 1.71. The molecule has 0 saturated heterocycles. The maximum atomic E-state index is 12.1. The van der Waals surface area contributed by atoms with E-state index in [1.165, 1.54) is 6.07 Å². The zero-order chi connectivity index (χ0) is 13.8. The van der Waals surface area contributed by atoms with Gasteiger partial charge in [0.15, 0.2) is 0 Å². The summed E-state index contributed by atoms with van der Waals surface area (Å²) in [7, 11) is -3.47. The monoisotopic (exact) mass is 288 g/mol. The van der Waals surface area contributed by atoms with Gasteiger partial charge < -0.3 is 5.73 Å². The third-order valence-electron chi connectivity index (χ3n) is 2.57. The van der Waals surface area contributed by atoms with Crippen LogP contribution in [0.15, 0.2) is 23.1 Å². The standard InChI is InChI=1S/C12H20N2O2S2/c1-9(8-17-3)7-14-18(15,16)12-6-11(13)5-4-10(12)2/h4-6,9,14H,7-8,13H2,1-3H3. The van der Waals surface area contributed by atoms with Crippen LogP contribution in [0, 0.1) is 12.8 Å². The van der Waals surface area contributed by atoms with Crippen LogP contribution in [-0.2, 0) is 10.0 Å². The van der Waals surface area contributed by atoms with Crippen molar-refractivity contribution in [3.8, 4) is 0 Å². The Morgan fingerprint density at radius 1 is 1.44 bits per heavy atom. The molecule has 0 spiro atoms. The summed E-state index contributed by atoms with van der Waals surface area (Å²) in [6, 6.07) is 4.91. The molecule has 0 bridgehead atoms. The fourth-order valence-electron chi connectivity index (χ4n) is 1.58. The zero-order valence-electron chi connectivity index (χ0n) is 10.9. The molecule has 18 heavy (non-hydrogen) atoms. The Kier molecular flexibility index (Phi) is 5.49. The number of rotatable bonds is 6. The predicted octanol–water partition coefficient (Wildman–Crippen LogP) is 1.85. The van der Waals surface area contributed by atoms with Gasteiger partial charge >= 0.3 is 0 Å². The Hall–Kier alpha value is -0.720. The van der Waals surface area contributed by atoms with Gasteiger partial charge in [0.25, 0.3) is 0 Å². The number of thioether (sulfide) groups is 1. The summed E-state index contributed by atoms with van der Waals surface area (Å²) in [6.07, 6.45) is 2.01. The van der Waals surface area contributed by atoms with Gasteiger partial charge in [0.2, 0.25) is 10.0 Å². The zero-order valence-corrected chi connectivity index (χ0v) is 12.6. The van der Waals surface area contributed by atoms with Crippen molar-refractivity contribution in [2.45, 2.75) is 18.7 Å². The fourth-order valence-corrected chi connectivity index (χ4v) is 3.71. The van der Waals surface area contributed by atoms with E-state index < -0.39 is 10.0 Å². The second kappa shape index (κ2) is 6.45. The minimum absolute atomic E-state index is 0.263. The van der Waals surface area contributed by atoms with Gasteiger partial charge in [-0.3, -0.25) is 0 Å². The molecule has 4 nitrogen and oxygen atoms in total. The van der Waals surface area contributed by atoms with Gasteiger partial charge in [-0.1, -0.05) is 13.0 Å². The van der Waals surface area contributed by atoms with Crippen LogP contribution in [0.5, 0.6) is 0 Å². The minimum atomic E-state index is -3.47. The first-order valence-corrected chi connectivity index (χ1v) is 8.59. The molecular weight excluding hydrogens is 268 g/mol. The van der Waals surface area contributed by atoms with Gasteiger partial charge in [-0.2, -0.15) is 11.8 Å². The first-order valence-electron chi connectivity index (χ1n) is 5.71. The minimum Gasteiger partial charge on any atom is -0.399 e. The Labute approximate surface area is 113 Å². The van der Waals surface area contributed by atoms with Crippen molar-refractivity contribution in [3.63, 3.8) is 0 Å². The first kappa shape index (κ1) is 15.3. The van der Waals surface area contributed by atoms with E-state index in [2.05, 4.69) is 4.72 Å². The summed E-state index contributed by atoms with van der Waals surface area (Å²) in [5.41, 5.74) is 6.79. The summed E-state index contributed by atoms with van der Waals surface area (Å²) in [6.45, 7) is 4.22. The molecule has 6 heteroatoms. The van der Waals surface area contributed by atoms with E-state index in [1.54, 1.807) is 30.8 Å². The van der Waals surface area contributed by atoms with Crippen LogP contribution >= 0.6 is 11.8 Å². The number of sulfonamides is 1. The smallest absolute Gasteiger partial charge is 0.240 e. The summed E-state index contributed by atoms with van der Waals surface area (Å²) in [5, 5.41) is 0. The molecule has 102 valence electrons. The molecule has 1 unspecified atom stereocenters. The predicted molar refractivity (Wildman–Crippen MR) is 78.3 cm³/mol. The van der Waals surface area contributed by atoms with Crippen molar-refractivity contribution in [3.05, 3.63) is 23.8 Å². The number of aryl methyl sites for hydroxylation is 1. The Bertz CT molecular complexity index is 501.